The summed E-state index contributed by atoms with van der Waals surface area (Å²) in [5.41, 5.74) is 6.24. The average molecular weight is 217 g/mol. The monoisotopic (exact) mass is 216 g/mol. The van der Waals surface area contributed by atoms with Gasteiger partial charge in [0.15, 0.2) is 0 Å². The number of hydrogen-bond donors (Lipinski definition) is 2. The molecule has 0 atom stereocenters. The highest BCUT2D eigenvalue weighted by Crippen LogP contribution is 2.18. The molecule has 1 aromatic rings. The highest BCUT2D eigenvalue weighted by atomic mass is 35.5. The second kappa shape index (κ2) is 4.81. The van der Waals surface area contributed by atoms with Crippen molar-refractivity contribution in [2.45, 2.75) is 0 Å². The zero-order valence-electron chi connectivity index (χ0n) is 7.39. The molecule has 0 saturated carbocycles. The average Bonchev–Trinajstić information content (AvgIpc) is 2.14. The van der Waals surface area contributed by atoms with Gasteiger partial charge in [0.1, 0.15) is 6.67 Å². The maximum Gasteiger partial charge on any atom is 0.252 e. The summed E-state index contributed by atoms with van der Waals surface area (Å²) in [7, 11) is 0. The van der Waals surface area contributed by atoms with E-state index in [0.717, 1.165) is 0 Å². The molecular weight excluding hydrogens is 207 g/mol. The van der Waals surface area contributed by atoms with Crippen LogP contribution in [0.4, 0.5) is 10.1 Å². The van der Waals surface area contributed by atoms with Gasteiger partial charge in [-0.3, -0.25) is 4.79 Å². The number of alkyl halides is 1. The van der Waals surface area contributed by atoms with E-state index in [1.54, 1.807) is 6.07 Å². The molecule has 0 aliphatic carbocycles. The van der Waals surface area contributed by atoms with Gasteiger partial charge in [0.25, 0.3) is 5.91 Å². The molecule has 76 valence electrons. The number of carbonyl (C=O) groups excluding carboxylic acids is 1. The fourth-order valence-corrected chi connectivity index (χ4v) is 1.25. The molecule has 5 heteroatoms. The Hall–Kier alpha value is -1.29. The molecule has 0 unspecified atom stereocenters. The van der Waals surface area contributed by atoms with Crippen molar-refractivity contribution in [1.82, 2.24) is 5.32 Å². The van der Waals surface area contributed by atoms with Crippen LogP contribution in [0.15, 0.2) is 18.2 Å². The summed E-state index contributed by atoms with van der Waals surface area (Å²) in [4.78, 5) is 11.3. The van der Waals surface area contributed by atoms with Crippen LogP contribution in [0.3, 0.4) is 0 Å². The van der Waals surface area contributed by atoms with Crippen molar-refractivity contribution in [1.29, 1.82) is 0 Å². The number of amides is 1. The molecular formula is C9H10ClFN2O. The fraction of sp³-hybridized carbons (Fsp3) is 0.222. The Kier molecular flexibility index (Phi) is 3.71. The predicted molar refractivity (Wildman–Crippen MR) is 54.2 cm³/mol. The molecule has 0 bridgehead atoms. The third-order valence-corrected chi connectivity index (χ3v) is 1.93. The van der Waals surface area contributed by atoms with E-state index in [-0.39, 0.29) is 11.6 Å². The van der Waals surface area contributed by atoms with Crippen LogP contribution < -0.4 is 11.1 Å². The Morgan fingerprint density at radius 3 is 2.86 bits per heavy atom. The number of nitrogens with two attached hydrogens (primary N) is 1. The van der Waals surface area contributed by atoms with E-state index >= 15 is 0 Å². The lowest BCUT2D eigenvalue weighted by Gasteiger charge is -2.05. The van der Waals surface area contributed by atoms with Crippen molar-refractivity contribution >= 4 is 23.2 Å². The number of halogens is 2. The van der Waals surface area contributed by atoms with E-state index in [9.17, 15) is 9.18 Å². The van der Waals surface area contributed by atoms with Gasteiger partial charge in [-0.05, 0) is 18.2 Å². The topological polar surface area (TPSA) is 55.1 Å². The maximum atomic E-state index is 11.8. The van der Waals surface area contributed by atoms with Crippen molar-refractivity contribution in [2.75, 3.05) is 19.0 Å². The molecule has 1 amide bonds. The number of benzene rings is 1. The Morgan fingerprint density at radius 1 is 1.57 bits per heavy atom. The lowest BCUT2D eigenvalue weighted by atomic mass is 10.2. The van der Waals surface area contributed by atoms with Crippen LogP contribution in [0.1, 0.15) is 10.4 Å². The molecule has 0 aliphatic heterocycles. The highest BCUT2D eigenvalue weighted by Gasteiger charge is 2.09. The van der Waals surface area contributed by atoms with Crippen LogP contribution in [0, 0.1) is 0 Å². The first-order valence-corrected chi connectivity index (χ1v) is 4.42. The van der Waals surface area contributed by atoms with E-state index in [2.05, 4.69) is 5.32 Å². The largest absolute Gasteiger partial charge is 0.399 e. The van der Waals surface area contributed by atoms with Gasteiger partial charge in [-0.2, -0.15) is 0 Å². The second-order valence-electron chi connectivity index (χ2n) is 2.68. The molecule has 0 fully saturated rings. The third kappa shape index (κ3) is 2.60. The standard InChI is InChI=1S/C9H10ClFN2O/c10-8-5-6(12)1-2-7(8)9(14)13-4-3-11/h1-2,5H,3-4,12H2,(H,13,14). The zero-order chi connectivity index (χ0) is 10.6. The Bertz CT molecular complexity index is 344. The summed E-state index contributed by atoms with van der Waals surface area (Å²) < 4.78 is 11.8. The summed E-state index contributed by atoms with van der Waals surface area (Å²) in [6.07, 6.45) is 0. The van der Waals surface area contributed by atoms with Crippen LogP contribution in [0.25, 0.3) is 0 Å². The highest BCUT2D eigenvalue weighted by molar-refractivity contribution is 6.34. The van der Waals surface area contributed by atoms with E-state index in [1.165, 1.54) is 12.1 Å². The van der Waals surface area contributed by atoms with E-state index in [1.807, 2.05) is 0 Å². The number of anilines is 1. The number of nitrogens with one attached hydrogen (secondary N) is 1. The summed E-state index contributed by atoms with van der Waals surface area (Å²) in [6, 6.07) is 4.55. The molecule has 0 saturated heterocycles. The zero-order valence-corrected chi connectivity index (χ0v) is 8.14. The Morgan fingerprint density at radius 2 is 2.29 bits per heavy atom. The van der Waals surface area contributed by atoms with Crippen LogP contribution in [-0.2, 0) is 0 Å². The Labute approximate surface area is 86.0 Å². The van der Waals surface area contributed by atoms with E-state index < -0.39 is 12.6 Å². The first kappa shape index (κ1) is 10.8. The van der Waals surface area contributed by atoms with Crippen molar-refractivity contribution in [3.8, 4) is 0 Å². The van der Waals surface area contributed by atoms with Gasteiger partial charge in [-0.1, -0.05) is 11.6 Å². The first-order chi connectivity index (χ1) is 6.65. The van der Waals surface area contributed by atoms with E-state index in [4.69, 9.17) is 17.3 Å². The van der Waals surface area contributed by atoms with Crippen molar-refractivity contribution in [3.05, 3.63) is 28.8 Å². The van der Waals surface area contributed by atoms with E-state index in [0.29, 0.717) is 11.3 Å². The molecule has 3 N–H and O–H groups in total. The van der Waals surface area contributed by atoms with Crippen LogP contribution in [-0.4, -0.2) is 19.1 Å². The van der Waals surface area contributed by atoms with Crippen molar-refractivity contribution in [2.24, 2.45) is 0 Å². The fourth-order valence-electron chi connectivity index (χ4n) is 0.972. The SMILES string of the molecule is Nc1ccc(C(=O)NCCF)c(Cl)c1. The maximum absolute atomic E-state index is 11.8. The molecule has 0 spiro atoms. The molecule has 3 nitrogen and oxygen atoms in total. The number of rotatable bonds is 3. The molecule has 0 radical (unpaired) electrons. The third-order valence-electron chi connectivity index (χ3n) is 1.62. The van der Waals surface area contributed by atoms with Crippen LogP contribution >= 0.6 is 11.6 Å². The minimum Gasteiger partial charge on any atom is -0.399 e. The molecule has 0 aromatic heterocycles. The number of carbonyl (C=O) groups is 1. The van der Waals surface area contributed by atoms with Crippen molar-refractivity contribution in [3.63, 3.8) is 0 Å². The summed E-state index contributed by atoms with van der Waals surface area (Å²) in [5.74, 6) is -0.396. The van der Waals surface area contributed by atoms with Gasteiger partial charge in [-0.15, -0.1) is 0 Å². The quantitative estimate of drug-likeness (QED) is 0.755. The van der Waals surface area contributed by atoms with Crippen molar-refractivity contribution < 1.29 is 9.18 Å². The second-order valence-corrected chi connectivity index (χ2v) is 3.09. The smallest absolute Gasteiger partial charge is 0.252 e. The normalized spacial score (nSPS) is 9.86. The minimum atomic E-state index is -0.599. The molecule has 0 heterocycles. The number of nitrogen functional groups attached to an aromatic ring is 1. The van der Waals surface area contributed by atoms with Gasteiger partial charge >= 0.3 is 0 Å². The van der Waals surface area contributed by atoms with Gasteiger partial charge in [0.2, 0.25) is 0 Å². The van der Waals surface area contributed by atoms with Crippen LogP contribution in [0.5, 0.6) is 0 Å². The lowest BCUT2D eigenvalue weighted by Crippen LogP contribution is -2.25. The first-order valence-electron chi connectivity index (χ1n) is 4.04. The molecule has 14 heavy (non-hydrogen) atoms. The summed E-state index contributed by atoms with van der Waals surface area (Å²) >= 11 is 5.77. The Balaban J connectivity index is 2.80. The number of hydrogen-bond acceptors (Lipinski definition) is 2. The summed E-state index contributed by atoms with van der Waals surface area (Å²) in [5, 5.41) is 2.63. The molecule has 1 aromatic carbocycles. The van der Waals surface area contributed by atoms with Gasteiger partial charge in [-0.25, -0.2) is 4.39 Å². The van der Waals surface area contributed by atoms with Gasteiger partial charge in [0.05, 0.1) is 10.6 Å². The van der Waals surface area contributed by atoms with Gasteiger partial charge < -0.3 is 11.1 Å². The van der Waals surface area contributed by atoms with Crippen LogP contribution in [0.2, 0.25) is 5.02 Å². The predicted octanol–water partition coefficient (Wildman–Crippen LogP) is 1.62. The molecule has 0 aliphatic rings. The lowest BCUT2D eigenvalue weighted by molar-refractivity contribution is 0.0951. The van der Waals surface area contributed by atoms with Gasteiger partial charge in [0, 0.05) is 12.2 Å². The molecule has 1 rings (SSSR count). The summed E-state index contributed by atoms with van der Waals surface area (Å²) in [6.45, 7) is -0.613. The minimum absolute atomic E-state index is 0.0143.